The molecule has 4 fully saturated rings. The monoisotopic (exact) mass is 1260 g/mol. The van der Waals surface area contributed by atoms with Gasteiger partial charge in [0.05, 0.1) is 44.4 Å². The summed E-state index contributed by atoms with van der Waals surface area (Å²) in [5, 5.41) is 3.48. The summed E-state index contributed by atoms with van der Waals surface area (Å²) in [6.07, 6.45) is 4.42. The maximum atomic E-state index is 12.5. The molecule has 0 aromatic carbocycles. The van der Waals surface area contributed by atoms with Crippen LogP contribution in [0, 0.1) is 0 Å². The highest BCUT2D eigenvalue weighted by molar-refractivity contribution is 9.11. The van der Waals surface area contributed by atoms with E-state index in [1.807, 2.05) is 64.6 Å². The van der Waals surface area contributed by atoms with Crippen molar-refractivity contribution in [2.75, 3.05) is 108 Å². The second-order valence-electron chi connectivity index (χ2n) is 21.1. The number of nitrogens with zero attached hydrogens (tertiary/aromatic N) is 9. The van der Waals surface area contributed by atoms with Gasteiger partial charge in [-0.15, -0.1) is 0 Å². The van der Waals surface area contributed by atoms with Crippen molar-refractivity contribution in [2.24, 2.45) is 0 Å². The van der Waals surface area contributed by atoms with Gasteiger partial charge in [-0.2, -0.15) is 0 Å². The number of piperazine rings is 3. The maximum Gasteiger partial charge on any atom is 0.410 e. The highest BCUT2D eigenvalue weighted by atomic mass is 79.9. The van der Waals surface area contributed by atoms with E-state index in [1.54, 1.807) is 23.1 Å². The highest BCUT2D eigenvalue weighted by Crippen LogP contribution is 2.32. The SMILES string of the molecule is CC[C@H]1CN(c2ccc(C(=O)OC)nc2Br)CCN1.CC[C@H]1CN(c2ccc(C(=O)OC)nc2Br)CCN1C(=O)OC(C)(C)C.CC[C@H]1CN(c2ccc(C(=O)OC)nc2Br)CCN1C1CCN(C(=O)OC(C)(C)C)CC1. The van der Waals surface area contributed by atoms with E-state index in [0.717, 1.165) is 102 Å². The minimum atomic E-state index is -0.511. The molecule has 0 spiro atoms. The zero-order chi connectivity index (χ0) is 56.8. The molecule has 4 saturated heterocycles. The summed E-state index contributed by atoms with van der Waals surface area (Å²) >= 11 is 10.4. The summed E-state index contributed by atoms with van der Waals surface area (Å²) < 4.78 is 27.1. The lowest BCUT2D eigenvalue weighted by Gasteiger charge is -2.48. The summed E-state index contributed by atoms with van der Waals surface area (Å²) in [6, 6.07) is 12.2. The molecular weight excluding hydrogens is 1190 g/mol. The molecule has 426 valence electrons. The first-order chi connectivity index (χ1) is 36.4. The van der Waals surface area contributed by atoms with Crippen LogP contribution in [-0.2, 0) is 23.7 Å². The van der Waals surface area contributed by atoms with Crippen LogP contribution in [0.25, 0.3) is 0 Å². The lowest BCUT2D eigenvalue weighted by molar-refractivity contribution is 0.00920. The van der Waals surface area contributed by atoms with Crippen LogP contribution in [0.2, 0.25) is 0 Å². The molecule has 7 rings (SSSR count). The Labute approximate surface area is 480 Å². The van der Waals surface area contributed by atoms with E-state index in [-0.39, 0.29) is 23.9 Å². The van der Waals surface area contributed by atoms with Gasteiger partial charge in [0, 0.05) is 90.1 Å². The van der Waals surface area contributed by atoms with Gasteiger partial charge in [0.1, 0.15) is 42.1 Å². The lowest BCUT2D eigenvalue weighted by atomic mass is 9.98. The minimum Gasteiger partial charge on any atom is -0.464 e. The van der Waals surface area contributed by atoms with Gasteiger partial charge in [-0.05, 0) is 158 Å². The fourth-order valence-corrected chi connectivity index (χ4v) is 11.3. The molecule has 0 saturated carbocycles. The van der Waals surface area contributed by atoms with Gasteiger partial charge < -0.3 is 53.5 Å². The Balaban J connectivity index is 0.000000220. The normalized spacial score (nSPS) is 19.5. The van der Waals surface area contributed by atoms with Crippen molar-refractivity contribution < 1.29 is 47.7 Å². The standard InChI is InChI=1S/C23H35BrN4O4.C18H26BrN3O4.C13H18BrN3O2/c1-6-16-15-27(19-8-7-18(21(29)31-5)25-20(19)24)13-14-28(16)17-9-11-26(12-10-17)22(30)32-23(2,3)4;1-6-12-11-21(9-10-22(12)17(24)26-18(2,3)4)14-8-7-13(16(23)25-5)20-15(14)19;1-3-9-8-17(7-6-15-9)11-5-4-10(13(18)19-2)16-12(11)14/h7-8,16-17H,6,9-15H2,1-5H3;7-8,12H,6,9-11H2,1-5H3;4-5,9,15H,3,6-8H2,1-2H3/t16-;12-;9-/m000/s1. The largest absolute Gasteiger partial charge is 0.464 e. The number of carbonyl (C=O) groups excluding carboxylic acids is 5. The number of ether oxygens (including phenoxy) is 5. The number of esters is 3. The number of rotatable bonds is 10. The molecule has 3 aromatic heterocycles. The van der Waals surface area contributed by atoms with Gasteiger partial charge in [-0.1, -0.05) is 20.8 Å². The number of methoxy groups -OCH3 is 3. The number of likely N-dealkylation sites (tertiary alicyclic amines) is 1. The quantitative estimate of drug-likeness (QED) is 0.114. The number of pyridine rings is 3. The first-order valence-electron chi connectivity index (χ1n) is 26.4. The molecule has 0 bridgehead atoms. The summed E-state index contributed by atoms with van der Waals surface area (Å²) in [6.45, 7) is 26.8. The molecule has 0 unspecified atom stereocenters. The Morgan fingerprint density at radius 2 is 0.961 bits per heavy atom. The van der Waals surface area contributed by atoms with E-state index in [9.17, 15) is 24.0 Å². The predicted molar refractivity (Wildman–Crippen MR) is 307 cm³/mol. The smallest absolute Gasteiger partial charge is 0.410 e. The van der Waals surface area contributed by atoms with Crippen LogP contribution in [0.15, 0.2) is 50.2 Å². The molecule has 20 nitrogen and oxygen atoms in total. The van der Waals surface area contributed by atoms with E-state index < -0.39 is 29.1 Å². The van der Waals surface area contributed by atoms with E-state index in [4.69, 9.17) is 18.9 Å². The summed E-state index contributed by atoms with van der Waals surface area (Å²) in [5.74, 6) is -1.33. The topological polar surface area (TPSA) is 202 Å². The number of aromatic nitrogens is 3. The predicted octanol–water partition coefficient (Wildman–Crippen LogP) is 9.22. The molecular formula is C54H79Br3N10O10. The van der Waals surface area contributed by atoms with Crippen molar-refractivity contribution in [3.8, 4) is 0 Å². The summed E-state index contributed by atoms with van der Waals surface area (Å²) in [4.78, 5) is 85.5. The number of nitrogens with one attached hydrogen (secondary N) is 1. The number of anilines is 3. The number of piperidine rings is 1. The zero-order valence-electron chi connectivity index (χ0n) is 46.8. The average molecular weight is 1270 g/mol. The van der Waals surface area contributed by atoms with E-state index >= 15 is 0 Å². The Kier molecular flexibility index (Phi) is 23.6. The number of amides is 2. The van der Waals surface area contributed by atoms with Crippen molar-refractivity contribution in [2.45, 2.75) is 130 Å². The van der Waals surface area contributed by atoms with Gasteiger partial charge in [0.15, 0.2) is 0 Å². The van der Waals surface area contributed by atoms with Crippen LogP contribution in [-0.4, -0.2) is 188 Å². The number of halogens is 3. The maximum absolute atomic E-state index is 12.5. The number of hydrogen-bond acceptors (Lipinski definition) is 18. The molecule has 0 radical (unpaired) electrons. The molecule has 4 aliphatic heterocycles. The second-order valence-corrected chi connectivity index (χ2v) is 23.4. The third-order valence-corrected chi connectivity index (χ3v) is 15.4. The van der Waals surface area contributed by atoms with E-state index in [0.29, 0.717) is 63.0 Å². The third kappa shape index (κ3) is 17.8. The summed E-state index contributed by atoms with van der Waals surface area (Å²) in [5.41, 5.74) is 2.80. The second kappa shape index (κ2) is 28.9. The Hall–Kier alpha value is -4.84. The van der Waals surface area contributed by atoms with Gasteiger partial charge in [0.2, 0.25) is 0 Å². The molecule has 7 heterocycles. The molecule has 0 aliphatic carbocycles. The number of hydrogen-bond donors (Lipinski definition) is 1. The fraction of sp³-hybridized carbons (Fsp3) is 0.630. The molecule has 3 atom stereocenters. The minimum absolute atomic E-state index is 0.0470. The molecule has 4 aliphatic rings. The van der Waals surface area contributed by atoms with Crippen molar-refractivity contribution in [3.05, 3.63) is 67.3 Å². The first-order valence-corrected chi connectivity index (χ1v) is 28.8. The molecule has 2 amide bonds. The van der Waals surface area contributed by atoms with Crippen LogP contribution in [0.5, 0.6) is 0 Å². The Morgan fingerprint density at radius 1 is 0.545 bits per heavy atom. The van der Waals surface area contributed by atoms with Crippen molar-refractivity contribution >= 4 is 94.9 Å². The van der Waals surface area contributed by atoms with Gasteiger partial charge in [-0.25, -0.2) is 38.9 Å². The number of carbonyl (C=O) groups is 5. The van der Waals surface area contributed by atoms with Crippen molar-refractivity contribution in [3.63, 3.8) is 0 Å². The van der Waals surface area contributed by atoms with Crippen LogP contribution in [0.1, 0.15) is 126 Å². The van der Waals surface area contributed by atoms with Crippen LogP contribution in [0.4, 0.5) is 26.7 Å². The van der Waals surface area contributed by atoms with Gasteiger partial charge in [-0.3, -0.25) is 4.90 Å². The third-order valence-electron chi connectivity index (χ3n) is 13.6. The Morgan fingerprint density at radius 3 is 1.36 bits per heavy atom. The van der Waals surface area contributed by atoms with E-state index in [2.05, 4.69) is 113 Å². The zero-order valence-corrected chi connectivity index (χ0v) is 51.6. The van der Waals surface area contributed by atoms with Gasteiger partial charge in [0.25, 0.3) is 0 Å². The first kappa shape index (κ1) is 63.0. The lowest BCUT2D eigenvalue weighted by Crippen LogP contribution is -2.58. The molecule has 1 N–H and O–H groups in total. The highest BCUT2D eigenvalue weighted by Gasteiger charge is 2.37. The average Bonchev–Trinajstić information content (AvgIpc) is 3.41. The molecule has 77 heavy (non-hydrogen) atoms. The van der Waals surface area contributed by atoms with E-state index in [1.165, 1.54) is 21.3 Å². The van der Waals surface area contributed by atoms with Crippen molar-refractivity contribution in [1.29, 1.82) is 0 Å². The van der Waals surface area contributed by atoms with Crippen LogP contribution < -0.4 is 20.0 Å². The fourth-order valence-electron chi connectivity index (χ4n) is 9.58. The Bertz CT molecular complexity index is 2490. The summed E-state index contributed by atoms with van der Waals surface area (Å²) in [7, 11) is 4.04. The molecule has 3 aromatic rings. The van der Waals surface area contributed by atoms with Crippen molar-refractivity contribution in [1.82, 2.24) is 35.0 Å². The molecule has 23 heteroatoms. The van der Waals surface area contributed by atoms with Crippen LogP contribution >= 0.6 is 47.8 Å². The van der Waals surface area contributed by atoms with Gasteiger partial charge >= 0.3 is 30.1 Å². The van der Waals surface area contributed by atoms with Crippen LogP contribution in [0.3, 0.4) is 0 Å².